The van der Waals surface area contributed by atoms with Crippen molar-refractivity contribution >= 4 is 0 Å². The van der Waals surface area contributed by atoms with Crippen LogP contribution in [0.2, 0.25) is 0 Å². The van der Waals surface area contributed by atoms with Crippen molar-refractivity contribution in [3.63, 3.8) is 0 Å². The summed E-state index contributed by atoms with van der Waals surface area (Å²) in [6.07, 6.45) is 0.462. The Balaban J connectivity index is 1.94. The SMILES string of the molecule is O[C@@H](Cc1ccccc1)[C@H]1CO1. The monoisotopic (exact) mass is 164 g/mol. The van der Waals surface area contributed by atoms with Gasteiger partial charge in [-0.3, -0.25) is 0 Å². The highest BCUT2D eigenvalue weighted by Gasteiger charge is 2.30. The molecule has 2 heteroatoms. The van der Waals surface area contributed by atoms with E-state index in [1.54, 1.807) is 0 Å². The van der Waals surface area contributed by atoms with Gasteiger partial charge in [0.25, 0.3) is 0 Å². The molecule has 0 aliphatic carbocycles. The van der Waals surface area contributed by atoms with Gasteiger partial charge in [-0.05, 0) is 5.56 Å². The highest BCUT2D eigenvalue weighted by Crippen LogP contribution is 2.17. The van der Waals surface area contributed by atoms with Gasteiger partial charge in [0.1, 0.15) is 6.10 Å². The van der Waals surface area contributed by atoms with E-state index in [4.69, 9.17) is 4.74 Å². The fourth-order valence-electron chi connectivity index (χ4n) is 1.26. The molecule has 0 bridgehead atoms. The molecule has 0 radical (unpaired) electrons. The van der Waals surface area contributed by atoms with E-state index in [0.717, 1.165) is 0 Å². The molecule has 2 nitrogen and oxygen atoms in total. The molecule has 1 fully saturated rings. The predicted molar refractivity (Wildman–Crippen MR) is 45.9 cm³/mol. The lowest BCUT2D eigenvalue weighted by Gasteiger charge is -2.06. The van der Waals surface area contributed by atoms with Crippen LogP contribution in [-0.4, -0.2) is 23.9 Å². The fraction of sp³-hybridized carbons (Fsp3) is 0.400. The van der Waals surface area contributed by atoms with E-state index in [0.29, 0.717) is 13.0 Å². The molecule has 64 valence electrons. The van der Waals surface area contributed by atoms with Gasteiger partial charge in [-0.2, -0.15) is 0 Å². The Hall–Kier alpha value is -0.860. The quantitative estimate of drug-likeness (QED) is 0.676. The average Bonchev–Trinajstić information content (AvgIpc) is 2.88. The zero-order chi connectivity index (χ0) is 8.39. The topological polar surface area (TPSA) is 32.8 Å². The first-order chi connectivity index (χ1) is 5.86. The summed E-state index contributed by atoms with van der Waals surface area (Å²) in [5.41, 5.74) is 1.17. The van der Waals surface area contributed by atoms with Gasteiger partial charge in [-0.1, -0.05) is 30.3 Å². The summed E-state index contributed by atoms with van der Waals surface area (Å²) in [5.74, 6) is 0. The van der Waals surface area contributed by atoms with Gasteiger partial charge in [0.05, 0.1) is 12.7 Å². The van der Waals surface area contributed by atoms with Crippen LogP contribution < -0.4 is 0 Å². The molecule has 0 saturated carbocycles. The molecule has 0 spiro atoms. The number of rotatable bonds is 3. The molecule has 1 heterocycles. The number of hydrogen-bond donors (Lipinski definition) is 1. The Morgan fingerprint density at radius 2 is 2.08 bits per heavy atom. The molecular weight excluding hydrogens is 152 g/mol. The standard InChI is InChI=1S/C10H12O2/c11-9(10-7-12-10)6-8-4-2-1-3-5-8/h1-5,9-11H,6-7H2/t9-,10+/m0/s1. The van der Waals surface area contributed by atoms with Crippen LogP contribution in [0, 0.1) is 0 Å². The van der Waals surface area contributed by atoms with E-state index in [9.17, 15) is 5.11 Å². The Morgan fingerprint density at radius 1 is 1.42 bits per heavy atom. The molecular formula is C10H12O2. The molecule has 1 aromatic rings. The second kappa shape index (κ2) is 3.25. The Labute approximate surface area is 71.8 Å². The summed E-state index contributed by atoms with van der Waals surface area (Å²) < 4.78 is 4.99. The number of hydrogen-bond acceptors (Lipinski definition) is 2. The summed E-state index contributed by atoms with van der Waals surface area (Å²) in [6, 6.07) is 9.98. The first-order valence-corrected chi connectivity index (χ1v) is 4.20. The number of aliphatic hydroxyl groups excluding tert-OH is 1. The van der Waals surface area contributed by atoms with E-state index in [-0.39, 0.29) is 12.2 Å². The number of aliphatic hydroxyl groups is 1. The Bertz CT molecular complexity index is 241. The average molecular weight is 164 g/mol. The maximum atomic E-state index is 9.52. The number of ether oxygens (including phenoxy) is 1. The van der Waals surface area contributed by atoms with Gasteiger partial charge < -0.3 is 9.84 Å². The van der Waals surface area contributed by atoms with E-state index in [1.165, 1.54) is 5.56 Å². The first-order valence-electron chi connectivity index (χ1n) is 4.20. The minimum atomic E-state index is -0.326. The molecule has 1 aromatic carbocycles. The van der Waals surface area contributed by atoms with Crippen molar-refractivity contribution in [2.75, 3.05) is 6.61 Å². The van der Waals surface area contributed by atoms with Gasteiger partial charge in [0, 0.05) is 6.42 Å². The van der Waals surface area contributed by atoms with Gasteiger partial charge in [-0.15, -0.1) is 0 Å². The third kappa shape index (κ3) is 1.84. The van der Waals surface area contributed by atoms with E-state index in [2.05, 4.69) is 0 Å². The van der Waals surface area contributed by atoms with Crippen molar-refractivity contribution in [1.29, 1.82) is 0 Å². The molecule has 0 amide bonds. The largest absolute Gasteiger partial charge is 0.390 e. The normalized spacial score (nSPS) is 23.6. The first kappa shape index (κ1) is 7.77. The minimum Gasteiger partial charge on any atom is -0.390 e. The van der Waals surface area contributed by atoms with Gasteiger partial charge in [-0.25, -0.2) is 0 Å². The van der Waals surface area contributed by atoms with Crippen molar-refractivity contribution in [2.45, 2.75) is 18.6 Å². The third-order valence-corrected chi connectivity index (χ3v) is 2.08. The van der Waals surface area contributed by atoms with Crippen molar-refractivity contribution in [3.05, 3.63) is 35.9 Å². The van der Waals surface area contributed by atoms with Gasteiger partial charge >= 0.3 is 0 Å². The van der Waals surface area contributed by atoms with E-state index >= 15 is 0 Å². The molecule has 2 atom stereocenters. The summed E-state index contributed by atoms with van der Waals surface area (Å²) in [4.78, 5) is 0. The van der Waals surface area contributed by atoms with E-state index in [1.807, 2.05) is 30.3 Å². The third-order valence-electron chi connectivity index (χ3n) is 2.08. The maximum Gasteiger partial charge on any atom is 0.107 e. The highest BCUT2D eigenvalue weighted by atomic mass is 16.6. The van der Waals surface area contributed by atoms with Crippen LogP contribution in [0.3, 0.4) is 0 Å². The second-order valence-corrected chi connectivity index (χ2v) is 3.13. The number of epoxide rings is 1. The molecule has 1 N–H and O–H groups in total. The molecule has 12 heavy (non-hydrogen) atoms. The van der Waals surface area contributed by atoms with Crippen LogP contribution in [0.1, 0.15) is 5.56 Å². The van der Waals surface area contributed by atoms with E-state index < -0.39 is 0 Å². The highest BCUT2D eigenvalue weighted by molar-refractivity contribution is 5.16. The molecule has 0 aromatic heterocycles. The smallest absolute Gasteiger partial charge is 0.107 e. The zero-order valence-electron chi connectivity index (χ0n) is 6.81. The summed E-state index contributed by atoms with van der Waals surface area (Å²) >= 11 is 0. The number of benzene rings is 1. The van der Waals surface area contributed by atoms with Crippen molar-refractivity contribution in [2.24, 2.45) is 0 Å². The lowest BCUT2D eigenvalue weighted by Crippen LogP contribution is -2.17. The van der Waals surface area contributed by atoms with Crippen LogP contribution in [0.15, 0.2) is 30.3 Å². The molecule has 1 saturated heterocycles. The lowest BCUT2D eigenvalue weighted by molar-refractivity contribution is 0.135. The van der Waals surface area contributed by atoms with Crippen LogP contribution >= 0.6 is 0 Å². The maximum absolute atomic E-state index is 9.52. The lowest BCUT2D eigenvalue weighted by atomic mass is 10.1. The minimum absolute atomic E-state index is 0.0882. The van der Waals surface area contributed by atoms with Crippen LogP contribution in [0.4, 0.5) is 0 Å². The summed E-state index contributed by atoms with van der Waals surface area (Å²) in [5, 5.41) is 9.52. The van der Waals surface area contributed by atoms with Crippen LogP contribution in [0.5, 0.6) is 0 Å². The zero-order valence-corrected chi connectivity index (χ0v) is 6.81. The molecule has 1 aliphatic heterocycles. The Morgan fingerprint density at radius 3 is 2.67 bits per heavy atom. The van der Waals surface area contributed by atoms with Crippen LogP contribution in [0.25, 0.3) is 0 Å². The summed E-state index contributed by atoms with van der Waals surface area (Å²) in [6.45, 7) is 0.716. The summed E-state index contributed by atoms with van der Waals surface area (Å²) in [7, 11) is 0. The van der Waals surface area contributed by atoms with Gasteiger partial charge in [0.15, 0.2) is 0 Å². The van der Waals surface area contributed by atoms with Crippen molar-refractivity contribution in [3.8, 4) is 0 Å². The predicted octanol–water partition coefficient (Wildman–Crippen LogP) is 0.989. The second-order valence-electron chi connectivity index (χ2n) is 3.13. The van der Waals surface area contributed by atoms with Gasteiger partial charge in [0.2, 0.25) is 0 Å². The van der Waals surface area contributed by atoms with Crippen molar-refractivity contribution < 1.29 is 9.84 Å². The van der Waals surface area contributed by atoms with Crippen LogP contribution in [-0.2, 0) is 11.2 Å². The Kier molecular flexibility index (Phi) is 2.11. The molecule has 0 unspecified atom stereocenters. The molecule has 2 rings (SSSR count). The van der Waals surface area contributed by atoms with Crippen molar-refractivity contribution in [1.82, 2.24) is 0 Å². The molecule has 1 aliphatic rings. The fourth-order valence-corrected chi connectivity index (χ4v) is 1.26.